The van der Waals surface area contributed by atoms with Gasteiger partial charge in [0.25, 0.3) is 0 Å². The van der Waals surface area contributed by atoms with Gasteiger partial charge in [-0.3, -0.25) is 4.57 Å². The summed E-state index contributed by atoms with van der Waals surface area (Å²) in [4.78, 5) is 16.9. The highest BCUT2D eigenvalue weighted by molar-refractivity contribution is 5.92. The van der Waals surface area contributed by atoms with E-state index in [0.717, 1.165) is 27.8 Å². The average Bonchev–Trinajstić information content (AvgIpc) is 2.53. The molecule has 1 heterocycles. The predicted octanol–water partition coefficient (Wildman–Crippen LogP) is 3.96. The highest BCUT2D eigenvalue weighted by Gasteiger charge is 2.14. The van der Waals surface area contributed by atoms with Gasteiger partial charge in [-0.1, -0.05) is 12.1 Å². The maximum atomic E-state index is 12.5. The second kappa shape index (κ2) is 5.88. The summed E-state index contributed by atoms with van der Waals surface area (Å²) in [6.45, 7) is 6.03. The summed E-state index contributed by atoms with van der Waals surface area (Å²) in [6, 6.07) is 13.8. The van der Waals surface area contributed by atoms with Crippen molar-refractivity contribution >= 4 is 10.9 Å². The molecule has 0 aliphatic heterocycles. The van der Waals surface area contributed by atoms with E-state index in [1.807, 2.05) is 63.2 Å². The van der Waals surface area contributed by atoms with Crippen LogP contribution in [-0.2, 0) is 0 Å². The summed E-state index contributed by atoms with van der Waals surface area (Å²) in [6.07, 6.45) is 0. The van der Waals surface area contributed by atoms with Crippen LogP contribution < -0.4 is 10.4 Å². The second-order valence-electron chi connectivity index (χ2n) is 5.96. The Hall–Kier alpha value is -2.62. The fourth-order valence-electron chi connectivity index (χ4n) is 2.82. The third-order valence-electron chi connectivity index (χ3n) is 3.96. The Bertz CT molecular complexity index is 909. The van der Waals surface area contributed by atoms with Crippen LogP contribution in [0, 0.1) is 6.92 Å². The van der Waals surface area contributed by atoms with Crippen LogP contribution in [0.15, 0.2) is 47.3 Å². The zero-order chi connectivity index (χ0) is 16.6. The fourth-order valence-corrected chi connectivity index (χ4v) is 2.82. The Morgan fingerprint density at radius 1 is 1.09 bits per heavy atom. The summed E-state index contributed by atoms with van der Waals surface area (Å²) >= 11 is 0. The van der Waals surface area contributed by atoms with E-state index in [9.17, 15) is 4.79 Å². The summed E-state index contributed by atoms with van der Waals surface area (Å²) in [5, 5.41) is 0.981. The van der Waals surface area contributed by atoms with Crippen LogP contribution in [0.25, 0.3) is 22.2 Å². The molecule has 0 unspecified atom stereocenters. The molecule has 2 aromatic carbocycles. The first-order valence-electron chi connectivity index (χ1n) is 7.68. The van der Waals surface area contributed by atoms with Crippen molar-refractivity contribution in [3.63, 3.8) is 0 Å². The third kappa shape index (κ3) is 2.72. The van der Waals surface area contributed by atoms with Crippen LogP contribution in [0.4, 0.5) is 0 Å². The molecule has 0 N–H and O–H groups in total. The van der Waals surface area contributed by atoms with Crippen molar-refractivity contribution in [1.82, 2.24) is 9.55 Å². The fraction of sp³-hybridized carbons (Fsp3) is 0.263. The molecule has 0 aliphatic rings. The minimum absolute atomic E-state index is 0.0595. The van der Waals surface area contributed by atoms with Crippen LogP contribution in [0.5, 0.6) is 5.75 Å². The number of nitrogens with zero attached hydrogens (tertiary/aromatic N) is 2. The van der Waals surface area contributed by atoms with Gasteiger partial charge in [-0.05, 0) is 56.7 Å². The molecule has 0 bridgehead atoms. The Kier molecular flexibility index (Phi) is 3.90. The van der Waals surface area contributed by atoms with E-state index in [1.165, 1.54) is 0 Å². The lowest BCUT2D eigenvalue weighted by atomic mass is 10.0. The Balaban J connectivity index is 2.33. The molecule has 3 rings (SSSR count). The van der Waals surface area contributed by atoms with Gasteiger partial charge in [-0.25, -0.2) is 4.79 Å². The lowest BCUT2D eigenvalue weighted by Gasteiger charge is -2.16. The number of aromatic nitrogens is 2. The highest BCUT2D eigenvalue weighted by atomic mass is 16.5. The Labute approximate surface area is 135 Å². The van der Waals surface area contributed by atoms with E-state index >= 15 is 0 Å². The zero-order valence-corrected chi connectivity index (χ0v) is 13.8. The van der Waals surface area contributed by atoms with E-state index < -0.39 is 0 Å². The lowest BCUT2D eigenvalue weighted by molar-refractivity contribution is 0.415. The van der Waals surface area contributed by atoms with Crippen molar-refractivity contribution in [2.24, 2.45) is 0 Å². The van der Waals surface area contributed by atoms with E-state index in [-0.39, 0.29) is 11.7 Å². The van der Waals surface area contributed by atoms with Crippen molar-refractivity contribution < 1.29 is 4.74 Å². The molecule has 3 aromatic rings. The highest BCUT2D eigenvalue weighted by Crippen LogP contribution is 2.28. The minimum atomic E-state index is -0.219. The number of ether oxygens (including phenoxy) is 1. The SMILES string of the molecule is COc1ccc(-c2nc(=O)n(C(C)C)c3cc(C)ccc23)cc1. The lowest BCUT2D eigenvalue weighted by Crippen LogP contribution is -2.25. The van der Waals surface area contributed by atoms with Crippen molar-refractivity contribution in [3.8, 4) is 17.0 Å². The minimum Gasteiger partial charge on any atom is -0.497 e. The van der Waals surface area contributed by atoms with Gasteiger partial charge in [-0.15, -0.1) is 0 Å². The van der Waals surface area contributed by atoms with Crippen LogP contribution in [0.1, 0.15) is 25.5 Å². The maximum absolute atomic E-state index is 12.5. The van der Waals surface area contributed by atoms with Gasteiger partial charge >= 0.3 is 5.69 Å². The topological polar surface area (TPSA) is 44.1 Å². The van der Waals surface area contributed by atoms with E-state index in [2.05, 4.69) is 4.98 Å². The first-order chi connectivity index (χ1) is 11.0. The number of benzene rings is 2. The number of aryl methyl sites for hydroxylation is 1. The van der Waals surface area contributed by atoms with Crippen molar-refractivity contribution in [2.45, 2.75) is 26.8 Å². The third-order valence-corrected chi connectivity index (χ3v) is 3.96. The standard InChI is InChI=1S/C19H20N2O2/c1-12(2)21-17-11-13(3)5-10-16(17)18(20-19(21)22)14-6-8-15(23-4)9-7-14/h5-12H,1-4H3. The summed E-state index contributed by atoms with van der Waals surface area (Å²) in [7, 11) is 1.63. The van der Waals surface area contributed by atoms with E-state index in [4.69, 9.17) is 4.74 Å². The monoisotopic (exact) mass is 308 g/mol. The van der Waals surface area contributed by atoms with E-state index in [1.54, 1.807) is 11.7 Å². The Morgan fingerprint density at radius 2 is 1.78 bits per heavy atom. The molecule has 0 amide bonds. The molecule has 0 fully saturated rings. The van der Waals surface area contributed by atoms with Gasteiger partial charge in [-0.2, -0.15) is 4.98 Å². The molecule has 0 radical (unpaired) electrons. The molecule has 118 valence electrons. The zero-order valence-electron chi connectivity index (χ0n) is 13.8. The van der Waals surface area contributed by atoms with Gasteiger partial charge in [0.1, 0.15) is 5.75 Å². The van der Waals surface area contributed by atoms with Crippen LogP contribution in [0.2, 0.25) is 0 Å². The largest absolute Gasteiger partial charge is 0.497 e. The first-order valence-corrected chi connectivity index (χ1v) is 7.68. The molecule has 0 atom stereocenters. The predicted molar refractivity (Wildman–Crippen MR) is 93.1 cm³/mol. The number of rotatable bonds is 3. The molecular weight excluding hydrogens is 288 g/mol. The molecule has 1 aromatic heterocycles. The molecule has 0 saturated carbocycles. The van der Waals surface area contributed by atoms with Gasteiger partial charge in [0.2, 0.25) is 0 Å². The van der Waals surface area contributed by atoms with Crippen molar-refractivity contribution in [2.75, 3.05) is 7.11 Å². The number of fused-ring (bicyclic) bond motifs is 1. The summed E-state index contributed by atoms with van der Waals surface area (Å²) in [5.74, 6) is 0.782. The average molecular weight is 308 g/mol. The summed E-state index contributed by atoms with van der Waals surface area (Å²) in [5.41, 5.74) is 3.45. The molecule has 0 spiro atoms. The second-order valence-corrected chi connectivity index (χ2v) is 5.96. The summed E-state index contributed by atoms with van der Waals surface area (Å²) < 4.78 is 6.94. The van der Waals surface area contributed by atoms with E-state index in [0.29, 0.717) is 5.69 Å². The van der Waals surface area contributed by atoms with Crippen LogP contribution >= 0.6 is 0 Å². The smallest absolute Gasteiger partial charge is 0.348 e. The quantitative estimate of drug-likeness (QED) is 0.735. The van der Waals surface area contributed by atoms with Gasteiger partial charge in [0, 0.05) is 17.0 Å². The number of methoxy groups -OCH3 is 1. The number of hydrogen-bond donors (Lipinski definition) is 0. The van der Waals surface area contributed by atoms with Gasteiger partial charge in [0.15, 0.2) is 0 Å². The molecular formula is C19H20N2O2. The van der Waals surface area contributed by atoms with Crippen LogP contribution in [-0.4, -0.2) is 16.7 Å². The van der Waals surface area contributed by atoms with Crippen molar-refractivity contribution in [3.05, 3.63) is 58.5 Å². The molecule has 0 aliphatic carbocycles. The van der Waals surface area contributed by atoms with Gasteiger partial charge < -0.3 is 4.74 Å². The maximum Gasteiger partial charge on any atom is 0.348 e. The first kappa shape index (κ1) is 15.3. The normalized spacial score (nSPS) is 11.2. The van der Waals surface area contributed by atoms with Gasteiger partial charge in [0.05, 0.1) is 18.3 Å². The molecule has 23 heavy (non-hydrogen) atoms. The number of hydrogen-bond acceptors (Lipinski definition) is 3. The molecule has 0 saturated heterocycles. The Morgan fingerprint density at radius 3 is 2.39 bits per heavy atom. The van der Waals surface area contributed by atoms with Crippen molar-refractivity contribution in [1.29, 1.82) is 0 Å². The molecule has 4 heteroatoms. The molecule has 4 nitrogen and oxygen atoms in total. The van der Waals surface area contributed by atoms with Crippen LogP contribution in [0.3, 0.4) is 0 Å².